The van der Waals surface area contributed by atoms with E-state index in [2.05, 4.69) is 26.1 Å². The number of aromatic carboxylic acids is 1. The molecule has 0 aliphatic heterocycles. The molecule has 2 N–H and O–H groups in total. The molecule has 0 bridgehead atoms. The Balaban J connectivity index is 2.74. The fourth-order valence-corrected chi connectivity index (χ4v) is 2.83. The first-order valence-electron chi connectivity index (χ1n) is 7.12. The Morgan fingerprint density at radius 2 is 2.00 bits per heavy atom. The molecule has 0 aromatic heterocycles. The largest absolute Gasteiger partial charge is 0.478 e. The van der Waals surface area contributed by atoms with E-state index in [9.17, 15) is 9.90 Å². The molecule has 0 amide bonds. The molecule has 4 heteroatoms. The molecule has 1 atom stereocenters. The Morgan fingerprint density at radius 3 is 2.55 bits per heavy atom. The summed E-state index contributed by atoms with van der Waals surface area (Å²) in [6.45, 7) is 6.56. The van der Waals surface area contributed by atoms with E-state index < -0.39 is 5.97 Å². The van der Waals surface area contributed by atoms with E-state index in [4.69, 9.17) is 0 Å². The van der Waals surface area contributed by atoms with Crippen LogP contribution in [0.1, 0.15) is 50.4 Å². The van der Waals surface area contributed by atoms with E-state index in [1.807, 2.05) is 24.5 Å². The van der Waals surface area contributed by atoms with Gasteiger partial charge < -0.3 is 10.4 Å². The van der Waals surface area contributed by atoms with Gasteiger partial charge in [0.05, 0.1) is 11.3 Å². The van der Waals surface area contributed by atoms with Gasteiger partial charge in [0.15, 0.2) is 0 Å². The fraction of sp³-hybridized carbons (Fsp3) is 0.562. The van der Waals surface area contributed by atoms with E-state index in [1.54, 1.807) is 0 Å². The Hall–Kier alpha value is -1.16. The van der Waals surface area contributed by atoms with Gasteiger partial charge in [0.25, 0.3) is 0 Å². The number of anilines is 1. The van der Waals surface area contributed by atoms with Crippen LogP contribution < -0.4 is 5.32 Å². The second-order valence-corrected chi connectivity index (χ2v) is 6.41. The Morgan fingerprint density at radius 1 is 1.30 bits per heavy atom. The monoisotopic (exact) mass is 295 g/mol. The van der Waals surface area contributed by atoms with Crippen molar-refractivity contribution in [3.05, 3.63) is 23.8 Å². The van der Waals surface area contributed by atoms with Crippen LogP contribution in [-0.2, 0) is 0 Å². The number of carboxylic acids is 1. The van der Waals surface area contributed by atoms with E-state index in [0.717, 1.165) is 29.3 Å². The highest BCUT2D eigenvalue weighted by atomic mass is 32.2. The second kappa shape index (κ2) is 8.20. The van der Waals surface area contributed by atoms with Crippen molar-refractivity contribution in [1.29, 1.82) is 0 Å². The highest BCUT2D eigenvalue weighted by molar-refractivity contribution is 7.98. The normalized spacial score (nSPS) is 12.4. The van der Waals surface area contributed by atoms with Crippen molar-refractivity contribution in [2.45, 2.75) is 51.0 Å². The van der Waals surface area contributed by atoms with Crippen LogP contribution in [-0.4, -0.2) is 23.4 Å². The summed E-state index contributed by atoms with van der Waals surface area (Å²) in [5.74, 6) is -0.150. The zero-order valence-corrected chi connectivity index (χ0v) is 13.6. The number of benzene rings is 1. The Labute approximate surface area is 126 Å². The molecule has 0 spiro atoms. The lowest BCUT2D eigenvalue weighted by Crippen LogP contribution is -2.18. The molecule has 0 aliphatic rings. The molecular formula is C16H25NO2S. The van der Waals surface area contributed by atoms with Crippen LogP contribution in [0.25, 0.3) is 0 Å². The minimum absolute atomic E-state index is 0.281. The molecule has 1 aromatic rings. The lowest BCUT2D eigenvalue weighted by molar-refractivity contribution is 0.0694. The first kappa shape index (κ1) is 16.9. The summed E-state index contributed by atoms with van der Waals surface area (Å²) in [5, 5.41) is 12.7. The number of nitrogens with one attached hydrogen (secondary N) is 1. The molecule has 20 heavy (non-hydrogen) atoms. The van der Waals surface area contributed by atoms with Gasteiger partial charge in [-0.3, -0.25) is 0 Å². The average Bonchev–Trinajstić information content (AvgIpc) is 2.37. The zero-order valence-electron chi connectivity index (χ0n) is 12.8. The molecule has 1 unspecified atom stereocenters. The predicted molar refractivity (Wildman–Crippen MR) is 87.0 cm³/mol. The average molecular weight is 295 g/mol. The summed E-state index contributed by atoms with van der Waals surface area (Å²) in [6, 6.07) is 5.88. The molecule has 0 saturated carbocycles. The molecule has 1 aromatic carbocycles. The molecular weight excluding hydrogens is 270 g/mol. The Kier molecular flexibility index (Phi) is 6.93. The highest BCUT2D eigenvalue weighted by Crippen LogP contribution is 2.28. The number of carboxylic acid groups (broad SMARTS) is 1. The molecule has 0 fully saturated rings. The van der Waals surface area contributed by atoms with Crippen LogP contribution in [0.3, 0.4) is 0 Å². The van der Waals surface area contributed by atoms with Gasteiger partial charge in [-0.15, -0.1) is 11.8 Å². The number of rotatable bonds is 8. The van der Waals surface area contributed by atoms with Crippen LogP contribution in [0.4, 0.5) is 5.69 Å². The minimum Gasteiger partial charge on any atom is -0.478 e. The van der Waals surface area contributed by atoms with Crippen molar-refractivity contribution in [2.24, 2.45) is 5.92 Å². The van der Waals surface area contributed by atoms with Crippen LogP contribution in [0.5, 0.6) is 0 Å². The topological polar surface area (TPSA) is 49.3 Å². The minimum atomic E-state index is -0.869. The maximum absolute atomic E-state index is 11.4. The van der Waals surface area contributed by atoms with Gasteiger partial charge in [-0.1, -0.05) is 32.8 Å². The summed E-state index contributed by atoms with van der Waals surface area (Å²) in [4.78, 5) is 12.2. The summed E-state index contributed by atoms with van der Waals surface area (Å²) >= 11 is 1.47. The molecule has 3 nitrogen and oxygen atoms in total. The molecule has 0 aliphatic carbocycles. The molecule has 1 rings (SSSR count). The summed E-state index contributed by atoms with van der Waals surface area (Å²) < 4.78 is 0. The fourth-order valence-electron chi connectivity index (χ4n) is 2.21. The number of carbonyl (C=O) groups is 1. The third-order valence-corrected chi connectivity index (χ3v) is 4.06. The van der Waals surface area contributed by atoms with Crippen LogP contribution in [0.15, 0.2) is 23.1 Å². The summed E-state index contributed by atoms with van der Waals surface area (Å²) in [6.07, 6.45) is 5.33. The van der Waals surface area contributed by atoms with Gasteiger partial charge in [0.2, 0.25) is 0 Å². The maximum Gasteiger partial charge on any atom is 0.338 e. The van der Waals surface area contributed by atoms with Crippen molar-refractivity contribution >= 4 is 23.4 Å². The smallest absolute Gasteiger partial charge is 0.338 e. The zero-order chi connectivity index (χ0) is 15.1. The van der Waals surface area contributed by atoms with E-state index in [-0.39, 0.29) is 6.04 Å². The van der Waals surface area contributed by atoms with E-state index >= 15 is 0 Å². The van der Waals surface area contributed by atoms with Crippen LogP contribution >= 0.6 is 11.8 Å². The third-order valence-electron chi connectivity index (χ3n) is 3.28. The standard InChI is InChI=1S/C16H25NO2S/c1-11(2)7-5-8-12(3)17-13-9-6-10-14(20-4)15(13)16(18)19/h6,9-12,17H,5,7-8H2,1-4H3,(H,18,19). The van der Waals surface area contributed by atoms with Crippen molar-refractivity contribution in [3.63, 3.8) is 0 Å². The van der Waals surface area contributed by atoms with Crippen molar-refractivity contribution in [2.75, 3.05) is 11.6 Å². The summed E-state index contributed by atoms with van der Waals surface area (Å²) in [7, 11) is 0. The second-order valence-electron chi connectivity index (χ2n) is 5.56. The third kappa shape index (κ3) is 5.08. The molecule has 0 radical (unpaired) electrons. The lowest BCUT2D eigenvalue weighted by atomic mass is 10.0. The Bertz CT molecular complexity index is 446. The molecule has 0 heterocycles. The lowest BCUT2D eigenvalue weighted by Gasteiger charge is -2.18. The highest BCUT2D eigenvalue weighted by Gasteiger charge is 2.16. The van der Waals surface area contributed by atoms with Gasteiger partial charge in [0, 0.05) is 10.9 Å². The molecule has 0 saturated heterocycles. The van der Waals surface area contributed by atoms with Gasteiger partial charge in [-0.2, -0.15) is 0 Å². The van der Waals surface area contributed by atoms with E-state index in [0.29, 0.717) is 5.56 Å². The maximum atomic E-state index is 11.4. The number of hydrogen-bond donors (Lipinski definition) is 2. The molecule has 112 valence electrons. The van der Waals surface area contributed by atoms with Crippen molar-refractivity contribution < 1.29 is 9.90 Å². The predicted octanol–water partition coefficient (Wildman–Crippen LogP) is 4.73. The SMILES string of the molecule is CSc1cccc(NC(C)CCCC(C)C)c1C(=O)O. The first-order valence-corrected chi connectivity index (χ1v) is 8.35. The van der Waals surface area contributed by atoms with Gasteiger partial charge in [-0.05, 0) is 37.7 Å². The van der Waals surface area contributed by atoms with Gasteiger partial charge >= 0.3 is 5.97 Å². The first-order chi connectivity index (χ1) is 9.45. The van der Waals surface area contributed by atoms with Crippen molar-refractivity contribution in [3.8, 4) is 0 Å². The van der Waals surface area contributed by atoms with Gasteiger partial charge in [0.1, 0.15) is 0 Å². The summed E-state index contributed by atoms with van der Waals surface area (Å²) in [5.41, 5.74) is 1.11. The van der Waals surface area contributed by atoms with Crippen LogP contribution in [0.2, 0.25) is 0 Å². The van der Waals surface area contributed by atoms with Crippen molar-refractivity contribution in [1.82, 2.24) is 0 Å². The number of hydrogen-bond acceptors (Lipinski definition) is 3. The van der Waals surface area contributed by atoms with Gasteiger partial charge in [-0.25, -0.2) is 4.79 Å². The van der Waals surface area contributed by atoms with Crippen LogP contribution in [0, 0.1) is 5.92 Å². The number of thioether (sulfide) groups is 1. The van der Waals surface area contributed by atoms with E-state index in [1.165, 1.54) is 18.2 Å². The quantitative estimate of drug-likeness (QED) is 0.680.